The van der Waals surface area contributed by atoms with Crippen molar-refractivity contribution in [2.24, 2.45) is 0 Å². The molecule has 10 fully saturated rings. The molecular weight excluding hydrogens is 1670 g/mol. The lowest BCUT2D eigenvalue weighted by molar-refractivity contribution is -0.399. The van der Waals surface area contributed by atoms with Crippen molar-refractivity contribution >= 4 is 23.6 Å². The van der Waals surface area contributed by atoms with E-state index in [1.807, 2.05) is 0 Å². The summed E-state index contributed by atoms with van der Waals surface area (Å²) in [6, 6.07) is -7.72. The molecule has 0 aromatic rings. The molecule has 10 heterocycles. The van der Waals surface area contributed by atoms with Crippen molar-refractivity contribution in [1.82, 2.24) is 21.3 Å². The molecule has 122 heavy (non-hydrogen) atoms. The number of aliphatic hydroxyl groups is 27. The van der Waals surface area contributed by atoms with Gasteiger partial charge in [0.25, 0.3) is 0 Å². The molecule has 0 saturated carbocycles. The molecule has 0 unspecified atom stereocenters. The first-order valence-electron chi connectivity index (χ1n) is 39.0. The predicted octanol–water partition coefficient (Wildman–Crippen LogP) is -21.2. The molecule has 10 aliphatic heterocycles. The quantitative estimate of drug-likeness (QED) is 0.0306. The molecule has 0 aromatic carbocycles. The fourth-order valence-corrected chi connectivity index (χ4v) is 15.9. The molecular formula is C68H114N4O50. The number of nitrogens with one attached hydrogen (secondary N) is 4. The molecule has 50 atom stereocenters. The zero-order valence-corrected chi connectivity index (χ0v) is 65.7. The number of carbonyl (C=O) groups is 4. The van der Waals surface area contributed by atoms with Gasteiger partial charge in [-0.2, -0.15) is 0 Å². The Morgan fingerprint density at radius 1 is 0.230 bits per heavy atom. The van der Waals surface area contributed by atoms with Gasteiger partial charge in [-0.25, -0.2) is 0 Å². The van der Waals surface area contributed by atoms with Crippen molar-refractivity contribution in [3.8, 4) is 0 Å². The summed E-state index contributed by atoms with van der Waals surface area (Å²) >= 11 is 0. The maximum absolute atomic E-state index is 13.3. The number of amides is 4. The van der Waals surface area contributed by atoms with E-state index in [-0.39, 0.29) is 0 Å². The Balaban J connectivity index is 1.01. The van der Waals surface area contributed by atoms with Crippen LogP contribution in [0.5, 0.6) is 0 Å². The summed E-state index contributed by atoms with van der Waals surface area (Å²) in [4.78, 5) is 52.3. The average Bonchev–Trinajstić information content (AvgIpc) is 0.759. The van der Waals surface area contributed by atoms with Gasteiger partial charge in [0.05, 0.1) is 65.6 Å². The fourth-order valence-electron chi connectivity index (χ4n) is 15.9. The third-order valence-electron chi connectivity index (χ3n) is 22.4. The standard InChI is InChI=1S/C68H114N4O50/c1-15-33(85)42(94)47(99)63(105-15)119-55-30(70-17(3)82)59(103)106-27(13-80)52(55)116-60-29(69-16(2)81)41(93)51(26(12-79)113-60)115-66-50(102)56(120-68-58(46(98)37(89)23(9-76)112-68)122-62-32(72-19(5)84)54(39(91)25(11-78)108-62)118-65-49(101)44(96)35(87)21(7-74)110-65)40(92)28(114-66)14-104-67-57(45(97)36(88)22(8-75)111-67)121-61-31(71-18(4)83)53(38(90)24(10-77)107-61)117-64-48(100)43(95)34(86)20(6-73)109-64/h15,20-68,73-80,85-103H,6-14H2,1-5H3,(H,69,81)(H,70,82)(H,71,83)(H,72,84)/t15-,20+,21+,22+,23+,24+,25+,26+,27+,28+,29+,30+,31+,32+,33+,34-,35-,36+,37+,38+,39+,40+,41+,42+,43-,44-,45-,46-,47-,48+,49+,50-,51+,52+,53+,54+,55+,56-,57-,58-,59-,60-,61-,62-,63-,64-,65-,66-,67-,68+/m0/s1. The second kappa shape index (κ2) is 43.6. The van der Waals surface area contributed by atoms with E-state index >= 15 is 0 Å². The first-order chi connectivity index (χ1) is 57.7. The summed E-state index contributed by atoms with van der Waals surface area (Å²) in [6.45, 7) is -5.26. The first-order valence-corrected chi connectivity index (χ1v) is 39.0. The van der Waals surface area contributed by atoms with Crippen LogP contribution in [0.25, 0.3) is 0 Å². The van der Waals surface area contributed by atoms with Gasteiger partial charge in [-0.3, -0.25) is 19.2 Å². The van der Waals surface area contributed by atoms with Crippen molar-refractivity contribution in [2.45, 2.75) is 341 Å². The van der Waals surface area contributed by atoms with Crippen molar-refractivity contribution in [3.05, 3.63) is 0 Å². The average molecular weight is 1790 g/mol. The van der Waals surface area contributed by atoms with E-state index in [0.29, 0.717) is 0 Å². The minimum absolute atomic E-state index is 0.866. The van der Waals surface area contributed by atoms with Gasteiger partial charge in [-0.1, -0.05) is 0 Å². The van der Waals surface area contributed by atoms with Crippen LogP contribution in [-0.2, 0) is 109 Å². The lowest BCUT2D eigenvalue weighted by atomic mass is 9.93. The number of rotatable bonds is 31. The van der Waals surface area contributed by atoms with E-state index in [4.69, 9.17) is 90.0 Å². The molecule has 0 spiro atoms. The van der Waals surface area contributed by atoms with Crippen molar-refractivity contribution in [2.75, 3.05) is 59.5 Å². The van der Waals surface area contributed by atoms with E-state index in [0.717, 1.165) is 27.7 Å². The normalized spacial score (nSPS) is 49.7. The summed E-state index contributed by atoms with van der Waals surface area (Å²) in [6.07, 6.45) is -96.8. The minimum Gasteiger partial charge on any atom is -0.394 e. The van der Waals surface area contributed by atoms with Crippen molar-refractivity contribution < 1.29 is 247 Å². The highest BCUT2D eigenvalue weighted by Crippen LogP contribution is 2.41. The highest BCUT2D eigenvalue weighted by Gasteiger charge is 2.62. The summed E-state index contributed by atoms with van der Waals surface area (Å²) in [5.41, 5.74) is 0. The third kappa shape index (κ3) is 21.9. The van der Waals surface area contributed by atoms with Crippen LogP contribution >= 0.6 is 0 Å². The van der Waals surface area contributed by atoms with Gasteiger partial charge in [0.2, 0.25) is 23.6 Å². The minimum atomic E-state index is -2.65. The zero-order valence-electron chi connectivity index (χ0n) is 65.7. The number of carbonyl (C=O) groups excluding carboxylic acids is 4. The Bertz CT molecular complexity index is 3290. The molecule has 4 amide bonds. The van der Waals surface area contributed by atoms with Crippen LogP contribution in [-0.4, -0.2) is 528 Å². The molecule has 54 nitrogen and oxygen atoms in total. The maximum Gasteiger partial charge on any atom is 0.217 e. The van der Waals surface area contributed by atoms with Crippen molar-refractivity contribution in [3.63, 3.8) is 0 Å². The lowest BCUT2D eigenvalue weighted by Gasteiger charge is -2.51. The van der Waals surface area contributed by atoms with Gasteiger partial charge < -0.3 is 249 Å². The summed E-state index contributed by atoms with van der Waals surface area (Å²) in [5.74, 6) is -3.82. The van der Waals surface area contributed by atoms with Gasteiger partial charge in [0.1, 0.15) is 238 Å². The molecule has 0 bridgehead atoms. The van der Waals surface area contributed by atoms with Crippen LogP contribution in [0, 0.1) is 0 Å². The molecule has 10 saturated heterocycles. The number of ether oxygens (including phenoxy) is 19. The molecule has 10 rings (SSSR count). The fraction of sp³-hybridized carbons (Fsp3) is 0.941. The Hall–Kier alpha value is -3.96. The highest BCUT2D eigenvalue weighted by molar-refractivity contribution is 5.74. The van der Waals surface area contributed by atoms with Crippen molar-refractivity contribution in [1.29, 1.82) is 0 Å². The summed E-state index contributed by atoms with van der Waals surface area (Å²) < 4.78 is 114. The number of hydrogen-bond donors (Lipinski definition) is 31. The molecule has 0 radical (unpaired) electrons. The van der Waals surface area contributed by atoms with E-state index in [2.05, 4.69) is 21.3 Å². The second-order valence-corrected chi connectivity index (χ2v) is 31.0. The first kappa shape index (κ1) is 100. The van der Waals surface area contributed by atoms with Crippen LogP contribution in [0.1, 0.15) is 34.6 Å². The van der Waals surface area contributed by atoms with Gasteiger partial charge >= 0.3 is 0 Å². The SMILES string of the molecule is CC(=O)N[C@@H]1[C@@H](O[C@@H]2O[C@@H](C)[C@@H](O)[C@@H](O)[C@@H]2O)[C@H](O[C@@H]2O[C@H](CO)[C@@H](O[C@@H]3O[C@H](CO[C@H]4O[C@H](CO)[C@@H](O)[C@H](O)[C@@H]4O[C@@H]4O[C@H](CO)[C@@H](O)[C@H](O[C@@H]5O[C@H](CO)[C@H](O)[C@H](O)[C@H]5O)[C@H]4NC(C)=O)[C@@H](O)[C@H](O[C@H]4O[C@H](CO)[C@@H](O)[C@H](O)[C@@H]4O[C@@H]4O[C@H](CO)[C@@H](O)[C@H](O[C@@H]5O[C@H](CO)[C@H](O)[C@H](O)[C@H]5O)[C@H]4NC(C)=O)[C@@H]3O)[C@H](O)[C@H]2NC(C)=O)[C@@H](CO)O[C@@H]1O. The molecule has 31 N–H and O–H groups in total. The molecule has 0 aromatic heterocycles. The van der Waals surface area contributed by atoms with Gasteiger partial charge in [-0.15, -0.1) is 0 Å². The Kier molecular flexibility index (Phi) is 35.8. The second-order valence-electron chi connectivity index (χ2n) is 31.0. The topological polar surface area (TPSA) is 838 Å². The smallest absolute Gasteiger partial charge is 0.217 e. The highest BCUT2D eigenvalue weighted by atomic mass is 16.8. The predicted molar refractivity (Wildman–Crippen MR) is 375 cm³/mol. The number of hydrogen-bond acceptors (Lipinski definition) is 50. The van der Waals surface area contributed by atoms with Gasteiger partial charge in [0.15, 0.2) is 62.9 Å². The summed E-state index contributed by atoms with van der Waals surface area (Å²) in [5, 5.41) is 311. The van der Waals surface area contributed by atoms with Crippen LogP contribution < -0.4 is 21.3 Å². The Morgan fingerprint density at radius 2 is 0.516 bits per heavy atom. The molecule has 54 heteroatoms. The molecule has 10 aliphatic rings. The largest absolute Gasteiger partial charge is 0.394 e. The monoisotopic (exact) mass is 1790 g/mol. The van der Waals surface area contributed by atoms with E-state index in [1.54, 1.807) is 0 Å². The van der Waals surface area contributed by atoms with E-state index in [9.17, 15) is 157 Å². The number of aliphatic hydroxyl groups excluding tert-OH is 27. The zero-order chi connectivity index (χ0) is 89.8. The Morgan fingerprint density at radius 3 is 0.959 bits per heavy atom. The summed E-state index contributed by atoms with van der Waals surface area (Å²) in [7, 11) is 0. The van der Waals surface area contributed by atoms with Crippen LogP contribution in [0.2, 0.25) is 0 Å². The van der Waals surface area contributed by atoms with Crippen LogP contribution in [0.3, 0.4) is 0 Å². The molecule has 706 valence electrons. The van der Waals surface area contributed by atoms with Gasteiger partial charge in [-0.05, 0) is 6.92 Å². The third-order valence-corrected chi connectivity index (χ3v) is 22.4. The maximum atomic E-state index is 13.3. The molecule has 0 aliphatic carbocycles. The van der Waals surface area contributed by atoms with E-state index in [1.165, 1.54) is 6.92 Å². The van der Waals surface area contributed by atoms with Crippen LogP contribution in [0.4, 0.5) is 0 Å². The van der Waals surface area contributed by atoms with E-state index < -0.39 is 390 Å². The van der Waals surface area contributed by atoms with Crippen LogP contribution in [0.15, 0.2) is 0 Å². The van der Waals surface area contributed by atoms with Gasteiger partial charge in [0, 0.05) is 27.7 Å². The Labute approximate surface area is 691 Å². The lowest BCUT2D eigenvalue weighted by Crippen LogP contribution is -2.71.